The summed E-state index contributed by atoms with van der Waals surface area (Å²) in [7, 11) is 7.07. The van der Waals surface area contributed by atoms with E-state index in [0.29, 0.717) is 11.1 Å². The van der Waals surface area contributed by atoms with Gasteiger partial charge in [0, 0.05) is 52.7 Å². The SMILES string of the molecule is CN(C)/C=C(/C(=C/N(C)C)C(N)CC(=O)O)C(N)CC(=O)O. The summed E-state index contributed by atoms with van der Waals surface area (Å²) in [6.45, 7) is 0. The zero-order chi connectivity index (χ0) is 17.4. The van der Waals surface area contributed by atoms with Crippen molar-refractivity contribution in [1.82, 2.24) is 9.80 Å². The van der Waals surface area contributed by atoms with Gasteiger partial charge in [0.2, 0.25) is 0 Å². The van der Waals surface area contributed by atoms with Gasteiger partial charge in [0.25, 0.3) is 0 Å². The van der Waals surface area contributed by atoms with Crippen molar-refractivity contribution in [1.29, 1.82) is 0 Å². The zero-order valence-electron chi connectivity index (χ0n) is 13.5. The lowest BCUT2D eigenvalue weighted by molar-refractivity contribution is -0.138. The second kappa shape index (κ2) is 9.06. The third-order valence-electron chi connectivity index (χ3n) is 2.72. The van der Waals surface area contributed by atoms with Crippen molar-refractivity contribution < 1.29 is 19.8 Å². The first-order valence-corrected chi connectivity index (χ1v) is 6.76. The molecule has 0 amide bonds. The Labute approximate surface area is 130 Å². The molecule has 0 rings (SSSR count). The molecule has 22 heavy (non-hydrogen) atoms. The predicted octanol–water partition coefficient (Wildman–Crippen LogP) is -0.519. The maximum atomic E-state index is 10.9. The highest BCUT2D eigenvalue weighted by atomic mass is 16.4. The molecule has 0 aromatic rings. The molecular weight excluding hydrogens is 288 g/mol. The van der Waals surface area contributed by atoms with Crippen LogP contribution in [0, 0.1) is 0 Å². The molecule has 0 aromatic carbocycles. The van der Waals surface area contributed by atoms with Crippen LogP contribution in [0.1, 0.15) is 12.8 Å². The number of carboxylic acid groups (broad SMARTS) is 2. The second-order valence-corrected chi connectivity index (χ2v) is 5.50. The van der Waals surface area contributed by atoms with Crippen LogP contribution in [0.2, 0.25) is 0 Å². The van der Waals surface area contributed by atoms with Gasteiger partial charge in [-0.2, -0.15) is 0 Å². The fourth-order valence-electron chi connectivity index (χ4n) is 1.92. The smallest absolute Gasteiger partial charge is 0.305 e. The van der Waals surface area contributed by atoms with Crippen molar-refractivity contribution in [3.63, 3.8) is 0 Å². The molecule has 8 nitrogen and oxygen atoms in total. The monoisotopic (exact) mass is 314 g/mol. The Morgan fingerprint density at radius 3 is 1.32 bits per heavy atom. The number of nitrogens with zero attached hydrogens (tertiary/aromatic N) is 2. The number of nitrogens with two attached hydrogens (primary N) is 2. The molecule has 0 fully saturated rings. The first-order valence-electron chi connectivity index (χ1n) is 6.76. The van der Waals surface area contributed by atoms with Crippen molar-refractivity contribution in [2.75, 3.05) is 28.2 Å². The van der Waals surface area contributed by atoms with Crippen LogP contribution in [0.15, 0.2) is 23.5 Å². The summed E-state index contributed by atoms with van der Waals surface area (Å²) in [4.78, 5) is 25.3. The van der Waals surface area contributed by atoms with Crippen LogP contribution in [-0.4, -0.2) is 72.2 Å². The summed E-state index contributed by atoms with van der Waals surface area (Å²) in [5.74, 6) is -2.07. The lowest BCUT2D eigenvalue weighted by atomic mass is 9.91. The van der Waals surface area contributed by atoms with Crippen LogP contribution in [0.4, 0.5) is 0 Å². The van der Waals surface area contributed by atoms with E-state index < -0.39 is 24.0 Å². The fraction of sp³-hybridized carbons (Fsp3) is 0.571. The Kier molecular flexibility index (Phi) is 8.21. The van der Waals surface area contributed by atoms with E-state index in [9.17, 15) is 9.59 Å². The summed E-state index contributed by atoms with van der Waals surface area (Å²) in [6, 6.07) is -1.57. The minimum atomic E-state index is -1.03. The van der Waals surface area contributed by atoms with Crippen molar-refractivity contribution >= 4 is 11.9 Å². The maximum absolute atomic E-state index is 10.9. The predicted molar refractivity (Wildman–Crippen MR) is 84.0 cm³/mol. The maximum Gasteiger partial charge on any atom is 0.305 e. The van der Waals surface area contributed by atoms with Gasteiger partial charge in [0.1, 0.15) is 0 Å². The van der Waals surface area contributed by atoms with Crippen molar-refractivity contribution in [2.24, 2.45) is 11.5 Å². The van der Waals surface area contributed by atoms with Gasteiger partial charge in [0.05, 0.1) is 12.8 Å². The molecule has 8 heteroatoms. The lowest BCUT2D eigenvalue weighted by Gasteiger charge is -2.25. The van der Waals surface area contributed by atoms with Crippen LogP contribution in [-0.2, 0) is 9.59 Å². The van der Waals surface area contributed by atoms with Gasteiger partial charge in [-0.15, -0.1) is 0 Å². The lowest BCUT2D eigenvalue weighted by Crippen LogP contribution is -2.35. The minimum absolute atomic E-state index is 0.274. The number of carbonyl (C=O) groups is 2. The first-order chi connectivity index (χ1) is 10.0. The summed E-state index contributed by atoms with van der Waals surface area (Å²) in [5, 5.41) is 17.9. The molecule has 0 aliphatic carbocycles. The van der Waals surface area contributed by atoms with Gasteiger partial charge in [0.15, 0.2) is 0 Å². The highest BCUT2D eigenvalue weighted by Gasteiger charge is 2.23. The van der Waals surface area contributed by atoms with Crippen LogP contribution in [0.25, 0.3) is 0 Å². The Morgan fingerprint density at radius 2 is 1.14 bits per heavy atom. The van der Waals surface area contributed by atoms with Gasteiger partial charge < -0.3 is 31.5 Å². The molecule has 0 radical (unpaired) electrons. The second-order valence-electron chi connectivity index (χ2n) is 5.50. The quantitative estimate of drug-likeness (QED) is 0.418. The van der Waals surface area contributed by atoms with Gasteiger partial charge in [-0.25, -0.2) is 0 Å². The molecule has 126 valence electrons. The number of hydrogen-bond donors (Lipinski definition) is 4. The van der Waals surface area contributed by atoms with Crippen LogP contribution >= 0.6 is 0 Å². The van der Waals surface area contributed by atoms with Crippen LogP contribution < -0.4 is 11.5 Å². The van der Waals surface area contributed by atoms with E-state index in [4.69, 9.17) is 21.7 Å². The van der Waals surface area contributed by atoms with Crippen LogP contribution in [0.5, 0.6) is 0 Å². The molecule has 0 heterocycles. The Morgan fingerprint density at radius 1 is 0.864 bits per heavy atom. The highest BCUT2D eigenvalue weighted by molar-refractivity contribution is 5.70. The molecule has 6 N–H and O–H groups in total. The molecule has 0 aromatic heterocycles. The number of aliphatic carboxylic acids is 2. The molecular formula is C14H26N4O4. The topological polar surface area (TPSA) is 133 Å². The van der Waals surface area contributed by atoms with Crippen molar-refractivity contribution in [3.05, 3.63) is 23.5 Å². The zero-order valence-corrected chi connectivity index (χ0v) is 13.5. The summed E-state index contributed by atoms with van der Waals surface area (Å²) < 4.78 is 0. The summed E-state index contributed by atoms with van der Waals surface area (Å²) in [6.07, 6.45) is 2.80. The van der Waals surface area contributed by atoms with E-state index in [1.807, 2.05) is 0 Å². The minimum Gasteiger partial charge on any atom is -0.481 e. The molecule has 0 spiro atoms. The highest BCUT2D eigenvalue weighted by Crippen LogP contribution is 2.21. The normalized spacial score (nSPS) is 15.2. The molecule has 2 unspecified atom stereocenters. The van der Waals surface area contributed by atoms with Crippen LogP contribution in [0.3, 0.4) is 0 Å². The van der Waals surface area contributed by atoms with E-state index >= 15 is 0 Å². The Balaban J connectivity index is 5.75. The van der Waals surface area contributed by atoms with E-state index in [1.54, 1.807) is 50.4 Å². The van der Waals surface area contributed by atoms with Crippen molar-refractivity contribution in [2.45, 2.75) is 24.9 Å². The average Bonchev–Trinajstić information content (AvgIpc) is 2.30. The third-order valence-corrected chi connectivity index (χ3v) is 2.72. The number of carboxylic acids is 2. The number of hydrogen-bond acceptors (Lipinski definition) is 6. The number of rotatable bonds is 9. The van der Waals surface area contributed by atoms with E-state index in [1.165, 1.54) is 0 Å². The largest absolute Gasteiger partial charge is 0.481 e. The van der Waals surface area contributed by atoms with Gasteiger partial charge >= 0.3 is 11.9 Å². The van der Waals surface area contributed by atoms with Crippen molar-refractivity contribution in [3.8, 4) is 0 Å². The molecule has 2 atom stereocenters. The Bertz CT molecular complexity index is 416. The van der Waals surface area contributed by atoms with Gasteiger partial charge in [-0.1, -0.05) is 0 Å². The van der Waals surface area contributed by atoms with E-state index in [-0.39, 0.29) is 12.8 Å². The molecule has 0 aliphatic rings. The molecule has 0 saturated carbocycles. The average molecular weight is 314 g/mol. The molecule has 0 saturated heterocycles. The van der Waals surface area contributed by atoms with E-state index in [0.717, 1.165) is 0 Å². The molecule has 0 bridgehead atoms. The standard InChI is InChI=1S/C14H26N4O4/c1-17(2)7-9(11(15)5-13(19)20)10(8-18(3)4)12(16)6-14(21)22/h7-8,11-12H,5-6,15-16H2,1-4H3,(H,19,20)(H,21,22)/b9-7-,10-8-. The van der Waals surface area contributed by atoms with Gasteiger partial charge in [-0.3, -0.25) is 9.59 Å². The Hall–Kier alpha value is -2.06. The fourth-order valence-corrected chi connectivity index (χ4v) is 1.92. The van der Waals surface area contributed by atoms with E-state index in [2.05, 4.69) is 0 Å². The summed E-state index contributed by atoms with van der Waals surface area (Å²) in [5.41, 5.74) is 13.0. The molecule has 0 aliphatic heterocycles. The first kappa shape index (κ1) is 19.9. The third kappa shape index (κ3) is 7.65. The summed E-state index contributed by atoms with van der Waals surface area (Å²) >= 11 is 0. The van der Waals surface area contributed by atoms with Gasteiger partial charge in [-0.05, 0) is 11.1 Å².